The highest BCUT2D eigenvalue weighted by atomic mass is 35.5. The van der Waals surface area contributed by atoms with Crippen LogP contribution >= 0.6 is 34.7 Å². The number of nitrogens with one attached hydrogen (secondary N) is 1. The summed E-state index contributed by atoms with van der Waals surface area (Å²) < 4.78 is 1.85. The van der Waals surface area contributed by atoms with Crippen LogP contribution in [-0.2, 0) is 11.8 Å². The van der Waals surface area contributed by atoms with E-state index in [9.17, 15) is 4.79 Å². The first kappa shape index (κ1) is 18.0. The van der Waals surface area contributed by atoms with Gasteiger partial charge in [0.25, 0.3) is 0 Å². The standard InChI is InChI=1S/C17H17ClN4OS2/c1-11(14-8-5-9-24-14)19-15(23)10-25-17-21-20-16(22(17)2)12-6-3-4-7-13(12)18/h3-9,11H,10H2,1-2H3,(H,19,23)/t11-/m0/s1. The molecule has 3 rings (SSSR count). The molecule has 5 nitrogen and oxygen atoms in total. The summed E-state index contributed by atoms with van der Waals surface area (Å²) in [4.78, 5) is 13.3. The van der Waals surface area contributed by atoms with Crippen molar-refractivity contribution in [2.75, 3.05) is 5.75 Å². The Morgan fingerprint density at radius 2 is 2.12 bits per heavy atom. The quantitative estimate of drug-likeness (QED) is 0.639. The summed E-state index contributed by atoms with van der Waals surface area (Å²) in [5.41, 5.74) is 0.821. The molecule has 8 heteroatoms. The van der Waals surface area contributed by atoms with Crippen molar-refractivity contribution >= 4 is 40.6 Å². The topological polar surface area (TPSA) is 59.8 Å². The van der Waals surface area contributed by atoms with Crippen molar-refractivity contribution in [3.63, 3.8) is 0 Å². The summed E-state index contributed by atoms with van der Waals surface area (Å²) in [6.07, 6.45) is 0. The van der Waals surface area contributed by atoms with Gasteiger partial charge in [-0.3, -0.25) is 4.79 Å². The van der Waals surface area contributed by atoms with E-state index in [2.05, 4.69) is 15.5 Å². The van der Waals surface area contributed by atoms with E-state index in [1.54, 1.807) is 11.3 Å². The van der Waals surface area contributed by atoms with Crippen molar-refractivity contribution in [2.45, 2.75) is 18.1 Å². The number of hydrogen-bond acceptors (Lipinski definition) is 5. The fraction of sp³-hybridized carbons (Fsp3) is 0.235. The number of nitrogens with zero attached hydrogens (tertiary/aromatic N) is 3. The number of rotatable bonds is 6. The number of carbonyl (C=O) groups excluding carboxylic acids is 1. The van der Waals surface area contributed by atoms with Gasteiger partial charge in [0.2, 0.25) is 5.91 Å². The van der Waals surface area contributed by atoms with E-state index >= 15 is 0 Å². The van der Waals surface area contributed by atoms with Gasteiger partial charge in [0.15, 0.2) is 11.0 Å². The van der Waals surface area contributed by atoms with E-state index in [0.717, 1.165) is 10.4 Å². The number of amides is 1. The smallest absolute Gasteiger partial charge is 0.230 e. The normalized spacial score (nSPS) is 12.1. The van der Waals surface area contributed by atoms with Crippen molar-refractivity contribution < 1.29 is 4.79 Å². The van der Waals surface area contributed by atoms with Crippen LogP contribution in [0.5, 0.6) is 0 Å². The van der Waals surface area contributed by atoms with Gasteiger partial charge in [0.05, 0.1) is 16.8 Å². The zero-order valence-corrected chi connectivity index (χ0v) is 16.2. The number of thioether (sulfide) groups is 1. The van der Waals surface area contributed by atoms with Crippen molar-refractivity contribution in [2.24, 2.45) is 7.05 Å². The minimum absolute atomic E-state index is 0.00582. The molecular formula is C17H17ClN4OS2. The van der Waals surface area contributed by atoms with E-state index in [1.807, 2.05) is 60.3 Å². The van der Waals surface area contributed by atoms with E-state index in [-0.39, 0.29) is 17.7 Å². The van der Waals surface area contributed by atoms with E-state index in [4.69, 9.17) is 11.6 Å². The first-order valence-corrected chi connectivity index (χ1v) is 9.90. The van der Waals surface area contributed by atoms with Gasteiger partial charge in [-0.25, -0.2) is 0 Å². The third kappa shape index (κ3) is 4.23. The lowest BCUT2D eigenvalue weighted by Crippen LogP contribution is -2.27. The first-order chi connectivity index (χ1) is 12.1. The average Bonchev–Trinajstić information content (AvgIpc) is 3.24. The van der Waals surface area contributed by atoms with Crippen LogP contribution in [0.2, 0.25) is 5.02 Å². The predicted molar refractivity (Wildman–Crippen MR) is 103 cm³/mol. The summed E-state index contributed by atoms with van der Waals surface area (Å²) in [7, 11) is 1.87. The maximum Gasteiger partial charge on any atom is 0.230 e. The number of halogens is 1. The lowest BCUT2D eigenvalue weighted by Gasteiger charge is -2.11. The van der Waals surface area contributed by atoms with Crippen LogP contribution in [0.4, 0.5) is 0 Å². The maximum absolute atomic E-state index is 12.2. The van der Waals surface area contributed by atoms with Gasteiger partial charge in [-0.05, 0) is 30.5 Å². The van der Waals surface area contributed by atoms with Gasteiger partial charge in [0.1, 0.15) is 0 Å². The molecule has 1 aromatic carbocycles. The molecule has 25 heavy (non-hydrogen) atoms. The third-order valence-corrected chi connectivity index (χ3v) is 6.03. The SMILES string of the molecule is C[C@H](NC(=O)CSc1nnc(-c2ccccc2Cl)n1C)c1cccs1. The molecule has 0 saturated heterocycles. The molecular weight excluding hydrogens is 376 g/mol. The summed E-state index contributed by atoms with van der Waals surface area (Å²) in [5.74, 6) is 0.929. The van der Waals surface area contributed by atoms with Crippen LogP contribution in [0.15, 0.2) is 46.9 Å². The van der Waals surface area contributed by atoms with E-state index in [1.165, 1.54) is 11.8 Å². The molecule has 0 aliphatic heterocycles. The molecule has 1 amide bonds. The van der Waals surface area contributed by atoms with Gasteiger partial charge in [0, 0.05) is 17.5 Å². The van der Waals surface area contributed by atoms with Crippen LogP contribution in [-0.4, -0.2) is 26.4 Å². The van der Waals surface area contributed by atoms with Gasteiger partial charge in [-0.2, -0.15) is 0 Å². The molecule has 130 valence electrons. The first-order valence-electron chi connectivity index (χ1n) is 7.66. The van der Waals surface area contributed by atoms with Crippen molar-refractivity contribution in [1.82, 2.24) is 20.1 Å². The lowest BCUT2D eigenvalue weighted by atomic mass is 10.2. The highest BCUT2D eigenvalue weighted by molar-refractivity contribution is 7.99. The molecule has 1 N–H and O–H groups in total. The Bertz CT molecular complexity index is 863. The van der Waals surface area contributed by atoms with Crippen molar-refractivity contribution in [3.8, 4) is 11.4 Å². The Labute approximate surface area is 159 Å². The fourth-order valence-corrected chi connectivity index (χ4v) is 4.02. The summed E-state index contributed by atoms with van der Waals surface area (Å²) in [6.45, 7) is 1.98. The van der Waals surface area contributed by atoms with Gasteiger partial charge < -0.3 is 9.88 Å². The minimum Gasteiger partial charge on any atom is -0.348 e. The van der Waals surface area contributed by atoms with E-state index in [0.29, 0.717) is 16.0 Å². The Hall–Kier alpha value is -1.83. The molecule has 0 fully saturated rings. The number of aromatic nitrogens is 3. The molecule has 0 aliphatic carbocycles. The molecule has 0 spiro atoms. The molecule has 2 aromatic heterocycles. The Balaban J connectivity index is 1.62. The van der Waals surface area contributed by atoms with Crippen molar-refractivity contribution in [1.29, 1.82) is 0 Å². The molecule has 0 saturated carbocycles. The Morgan fingerprint density at radius 3 is 2.84 bits per heavy atom. The minimum atomic E-state index is -0.0341. The number of thiophene rings is 1. The van der Waals surface area contributed by atoms with Crippen LogP contribution < -0.4 is 5.32 Å². The molecule has 3 aromatic rings. The van der Waals surface area contributed by atoms with Crippen LogP contribution in [0.3, 0.4) is 0 Å². The van der Waals surface area contributed by atoms with Crippen LogP contribution in [0, 0.1) is 0 Å². The lowest BCUT2D eigenvalue weighted by molar-refractivity contribution is -0.119. The fourth-order valence-electron chi connectivity index (χ4n) is 2.34. The van der Waals surface area contributed by atoms with Crippen LogP contribution in [0.1, 0.15) is 17.8 Å². The monoisotopic (exact) mass is 392 g/mol. The van der Waals surface area contributed by atoms with Gasteiger partial charge in [-0.1, -0.05) is 41.6 Å². The number of benzene rings is 1. The maximum atomic E-state index is 12.2. The van der Waals surface area contributed by atoms with Crippen molar-refractivity contribution in [3.05, 3.63) is 51.7 Å². The molecule has 2 heterocycles. The zero-order chi connectivity index (χ0) is 17.8. The summed E-state index contributed by atoms with van der Waals surface area (Å²) >= 11 is 9.21. The highest BCUT2D eigenvalue weighted by Crippen LogP contribution is 2.28. The Kier molecular flexibility index (Phi) is 5.78. The molecule has 0 radical (unpaired) electrons. The molecule has 1 atom stereocenters. The number of hydrogen-bond donors (Lipinski definition) is 1. The van der Waals surface area contributed by atoms with Gasteiger partial charge in [-0.15, -0.1) is 21.5 Å². The third-order valence-electron chi connectivity index (χ3n) is 3.63. The van der Waals surface area contributed by atoms with Gasteiger partial charge >= 0.3 is 0 Å². The van der Waals surface area contributed by atoms with E-state index < -0.39 is 0 Å². The highest BCUT2D eigenvalue weighted by Gasteiger charge is 2.16. The molecule has 0 unspecified atom stereocenters. The second-order valence-corrected chi connectivity index (χ2v) is 7.77. The second-order valence-electron chi connectivity index (χ2n) is 5.44. The largest absolute Gasteiger partial charge is 0.348 e. The molecule has 0 aliphatic rings. The zero-order valence-electron chi connectivity index (χ0n) is 13.8. The number of carbonyl (C=O) groups is 1. The second kappa shape index (κ2) is 8.03. The predicted octanol–water partition coefficient (Wildman–Crippen LogP) is 4.17. The summed E-state index contributed by atoms with van der Waals surface area (Å²) in [5, 5.41) is 14.7. The Morgan fingerprint density at radius 1 is 1.32 bits per heavy atom. The average molecular weight is 393 g/mol. The van der Waals surface area contributed by atoms with Crippen LogP contribution in [0.25, 0.3) is 11.4 Å². The summed E-state index contributed by atoms with van der Waals surface area (Å²) in [6, 6.07) is 11.5. The molecule has 0 bridgehead atoms.